The van der Waals surface area contributed by atoms with E-state index in [-0.39, 0.29) is 19.4 Å². The van der Waals surface area contributed by atoms with E-state index in [0.29, 0.717) is 6.54 Å². The van der Waals surface area contributed by atoms with Gasteiger partial charge in [-0.2, -0.15) is 0 Å². The summed E-state index contributed by atoms with van der Waals surface area (Å²) in [6, 6.07) is 0. The fourth-order valence-corrected chi connectivity index (χ4v) is 1.62. The van der Waals surface area contributed by atoms with Crippen molar-refractivity contribution in [3.05, 3.63) is 0 Å². The summed E-state index contributed by atoms with van der Waals surface area (Å²) in [4.78, 5) is 13.1. The molecule has 0 radical (unpaired) electrons. The summed E-state index contributed by atoms with van der Waals surface area (Å²) in [7, 11) is 0. The van der Waals surface area contributed by atoms with Crippen LogP contribution in [0, 0.1) is 0 Å². The Morgan fingerprint density at radius 2 is 2.12 bits per heavy atom. The normalized spacial score (nSPS) is 27.4. The highest BCUT2D eigenvalue weighted by Crippen LogP contribution is 2.17. The molecule has 0 spiro atoms. The van der Waals surface area contributed by atoms with Crippen LogP contribution in [0.25, 0.3) is 0 Å². The predicted molar refractivity (Wildman–Crippen MR) is 57.9 cm³/mol. The Kier molecular flexibility index (Phi) is 4.13. The molecule has 1 heterocycles. The lowest BCUT2D eigenvalue weighted by molar-refractivity contribution is 0.0172. The number of amides is 1. The molecule has 1 aliphatic heterocycles. The zero-order valence-corrected chi connectivity index (χ0v) is 10.1. The zero-order valence-electron chi connectivity index (χ0n) is 10.1. The smallest absolute Gasteiger partial charge is 0.410 e. The van der Waals surface area contributed by atoms with Crippen LogP contribution in [0.5, 0.6) is 0 Å². The monoisotopic (exact) mass is 233 g/mol. The molecule has 0 unspecified atom stereocenters. The molecule has 0 aromatic carbocycles. The van der Waals surface area contributed by atoms with Gasteiger partial charge in [-0.1, -0.05) is 0 Å². The number of carbonyl (C=O) groups excluding carboxylic acids is 1. The van der Waals surface area contributed by atoms with Gasteiger partial charge in [0.2, 0.25) is 0 Å². The Bertz CT molecular complexity index is 252. The molecule has 0 aliphatic carbocycles. The van der Waals surface area contributed by atoms with Gasteiger partial charge in [-0.25, -0.2) is 9.18 Å². The summed E-state index contributed by atoms with van der Waals surface area (Å²) in [5, 5.41) is 9.49. The van der Waals surface area contributed by atoms with Gasteiger partial charge in [0.05, 0.1) is 12.6 Å². The quantitative estimate of drug-likeness (QED) is 0.693. The Morgan fingerprint density at radius 3 is 2.69 bits per heavy atom. The maximum Gasteiger partial charge on any atom is 0.410 e. The molecule has 0 aromatic rings. The maximum absolute atomic E-state index is 13.1. The van der Waals surface area contributed by atoms with Gasteiger partial charge in [0.15, 0.2) is 0 Å². The molecule has 1 fully saturated rings. The molecule has 0 saturated carbocycles. The number of hydrogen-bond acceptors (Lipinski definition) is 3. The third kappa shape index (κ3) is 4.35. The van der Waals surface area contributed by atoms with E-state index >= 15 is 0 Å². The first-order chi connectivity index (χ1) is 7.28. The Balaban J connectivity index is 2.55. The number of halogens is 1. The van der Waals surface area contributed by atoms with E-state index in [0.717, 1.165) is 0 Å². The molecule has 94 valence electrons. The summed E-state index contributed by atoms with van der Waals surface area (Å²) in [6.07, 6.45) is -1.97. The summed E-state index contributed by atoms with van der Waals surface area (Å²) in [5.41, 5.74) is -0.566. The second-order valence-corrected chi connectivity index (χ2v) is 5.20. The average molecular weight is 233 g/mol. The minimum absolute atomic E-state index is 0.0965. The fraction of sp³-hybridized carbons (Fsp3) is 0.909. The van der Waals surface area contributed by atoms with Crippen LogP contribution in [0.15, 0.2) is 0 Å². The Labute approximate surface area is 95.4 Å². The number of ether oxygens (including phenoxy) is 1. The summed E-state index contributed by atoms with van der Waals surface area (Å²) < 4.78 is 18.3. The van der Waals surface area contributed by atoms with Crippen molar-refractivity contribution < 1.29 is 19.0 Å². The van der Waals surface area contributed by atoms with Gasteiger partial charge in [0, 0.05) is 13.0 Å². The number of alkyl halides is 1. The molecule has 16 heavy (non-hydrogen) atoms. The van der Waals surface area contributed by atoms with Gasteiger partial charge in [0.1, 0.15) is 11.8 Å². The van der Waals surface area contributed by atoms with E-state index in [1.54, 1.807) is 20.8 Å². The van der Waals surface area contributed by atoms with Crippen molar-refractivity contribution >= 4 is 6.09 Å². The lowest BCUT2D eigenvalue weighted by atomic mass is 10.1. The molecule has 5 heteroatoms. The Morgan fingerprint density at radius 1 is 1.50 bits per heavy atom. The molecule has 1 rings (SSSR count). The number of nitrogens with zero attached hydrogens (tertiary/aromatic N) is 1. The first-order valence-corrected chi connectivity index (χ1v) is 5.58. The van der Waals surface area contributed by atoms with Gasteiger partial charge >= 0.3 is 6.09 Å². The van der Waals surface area contributed by atoms with E-state index < -0.39 is 24.0 Å². The van der Waals surface area contributed by atoms with E-state index in [1.165, 1.54) is 4.90 Å². The Hall–Kier alpha value is -0.840. The van der Waals surface area contributed by atoms with Crippen molar-refractivity contribution in [3.63, 3.8) is 0 Å². The van der Waals surface area contributed by atoms with Gasteiger partial charge < -0.3 is 14.7 Å². The summed E-state index contributed by atoms with van der Waals surface area (Å²) in [5.74, 6) is 0. The minimum Gasteiger partial charge on any atom is -0.444 e. The van der Waals surface area contributed by atoms with Crippen LogP contribution in [0.4, 0.5) is 9.18 Å². The van der Waals surface area contributed by atoms with Gasteiger partial charge in [-0.3, -0.25) is 0 Å². The standard InChI is InChI=1S/C11H20FNO3/c1-11(2,3)16-10(15)13-5-4-8(12)6-9(14)7-13/h8-9,14H,4-7H2,1-3H3/t8-,9-/m0/s1. The molecule has 0 aromatic heterocycles. The summed E-state index contributed by atoms with van der Waals surface area (Å²) >= 11 is 0. The highest BCUT2D eigenvalue weighted by molar-refractivity contribution is 5.68. The van der Waals surface area contributed by atoms with Crippen LogP contribution in [0.1, 0.15) is 33.6 Å². The van der Waals surface area contributed by atoms with Crippen molar-refractivity contribution in [3.8, 4) is 0 Å². The molecule has 0 bridgehead atoms. The van der Waals surface area contributed by atoms with Crippen molar-refractivity contribution in [1.29, 1.82) is 0 Å². The van der Waals surface area contributed by atoms with Crippen molar-refractivity contribution in [2.45, 2.75) is 51.5 Å². The number of aliphatic hydroxyl groups is 1. The van der Waals surface area contributed by atoms with Crippen LogP contribution in [0.2, 0.25) is 0 Å². The molecule has 1 saturated heterocycles. The third-order valence-corrected chi connectivity index (χ3v) is 2.32. The first-order valence-electron chi connectivity index (χ1n) is 5.58. The number of carbonyl (C=O) groups is 1. The molecular formula is C11H20FNO3. The SMILES string of the molecule is CC(C)(C)OC(=O)N1CC[C@H](F)C[C@H](O)C1. The third-order valence-electron chi connectivity index (χ3n) is 2.32. The van der Waals surface area contributed by atoms with Crippen LogP contribution in [-0.4, -0.2) is 47.1 Å². The van der Waals surface area contributed by atoms with Gasteiger partial charge in [-0.15, -0.1) is 0 Å². The van der Waals surface area contributed by atoms with Crippen molar-refractivity contribution in [1.82, 2.24) is 4.90 Å². The molecule has 4 nitrogen and oxygen atoms in total. The largest absolute Gasteiger partial charge is 0.444 e. The number of hydrogen-bond donors (Lipinski definition) is 1. The van der Waals surface area contributed by atoms with Crippen molar-refractivity contribution in [2.24, 2.45) is 0 Å². The van der Waals surface area contributed by atoms with Gasteiger partial charge in [0.25, 0.3) is 0 Å². The molecule has 1 aliphatic rings. The maximum atomic E-state index is 13.1. The average Bonchev–Trinajstić information content (AvgIpc) is 2.23. The summed E-state index contributed by atoms with van der Waals surface area (Å²) in [6.45, 7) is 5.77. The first kappa shape index (κ1) is 13.2. The second kappa shape index (κ2) is 4.99. The number of rotatable bonds is 0. The number of likely N-dealkylation sites (tertiary alicyclic amines) is 1. The molecule has 2 atom stereocenters. The van der Waals surface area contributed by atoms with Crippen LogP contribution in [0.3, 0.4) is 0 Å². The van der Waals surface area contributed by atoms with Crippen LogP contribution in [-0.2, 0) is 4.74 Å². The molecule has 1 amide bonds. The van der Waals surface area contributed by atoms with E-state index in [4.69, 9.17) is 4.74 Å². The lowest BCUT2D eigenvalue weighted by Gasteiger charge is -2.27. The highest BCUT2D eigenvalue weighted by Gasteiger charge is 2.28. The number of β-amino-alcohol motifs (C(OH)–C–C–N with tert-alkyl or cyclic N) is 1. The van der Waals surface area contributed by atoms with E-state index in [9.17, 15) is 14.3 Å². The highest BCUT2D eigenvalue weighted by atomic mass is 19.1. The zero-order chi connectivity index (χ0) is 12.3. The van der Waals surface area contributed by atoms with Crippen molar-refractivity contribution in [2.75, 3.05) is 13.1 Å². The minimum atomic E-state index is -1.04. The lowest BCUT2D eigenvalue weighted by Crippen LogP contribution is -2.40. The number of aliphatic hydroxyl groups excluding tert-OH is 1. The van der Waals surface area contributed by atoms with Crippen LogP contribution >= 0.6 is 0 Å². The van der Waals surface area contributed by atoms with E-state index in [2.05, 4.69) is 0 Å². The molecule has 1 N–H and O–H groups in total. The van der Waals surface area contributed by atoms with Gasteiger partial charge in [-0.05, 0) is 27.2 Å². The molecular weight excluding hydrogens is 213 g/mol. The van der Waals surface area contributed by atoms with Crippen LogP contribution < -0.4 is 0 Å². The predicted octanol–water partition coefficient (Wildman–Crippen LogP) is 1.72. The second-order valence-electron chi connectivity index (χ2n) is 5.20. The topological polar surface area (TPSA) is 49.8 Å². The van der Waals surface area contributed by atoms with E-state index in [1.807, 2.05) is 0 Å². The fourth-order valence-electron chi connectivity index (χ4n) is 1.62.